The van der Waals surface area contributed by atoms with Crippen molar-refractivity contribution in [2.45, 2.75) is 9.92 Å². The summed E-state index contributed by atoms with van der Waals surface area (Å²) in [6, 6.07) is 8.58. The third-order valence-electron chi connectivity index (χ3n) is 2.95. The highest BCUT2D eigenvalue weighted by Crippen LogP contribution is 2.19. The Morgan fingerprint density at radius 2 is 2.04 bits per heavy atom. The molecule has 0 saturated carbocycles. The molecule has 0 aliphatic heterocycles. The molecule has 9 heteroatoms. The van der Waals surface area contributed by atoms with Gasteiger partial charge in [0.1, 0.15) is 10.7 Å². The molecule has 0 unspecified atom stereocenters. The van der Waals surface area contributed by atoms with Crippen LogP contribution in [0, 0.1) is 5.82 Å². The second-order valence-corrected chi connectivity index (χ2v) is 8.11. The maximum atomic E-state index is 13.0. The van der Waals surface area contributed by atoms with Crippen molar-refractivity contribution < 1.29 is 17.6 Å². The van der Waals surface area contributed by atoms with E-state index in [0.717, 1.165) is 16.1 Å². The minimum atomic E-state index is -3.52. The number of hydrogen-bond donors (Lipinski definition) is 1. The second-order valence-electron chi connectivity index (χ2n) is 4.97. The number of sulfonamides is 1. The molecule has 1 N–H and O–H groups in total. The molecule has 1 amide bonds. The number of benzene rings is 1. The molecule has 0 aliphatic rings. The molecule has 0 saturated heterocycles. The van der Waals surface area contributed by atoms with E-state index in [1.165, 1.54) is 50.6 Å². The van der Waals surface area contributed by atoms with Gasteiger partial charge < -0.3 is 5.32 Å². The van der Waals surface area contributed by atoms with Gasteiger partial charge in [-0.3, -0.25) is 4.79 Å². The fourth-order valence-corrected chi connectivity index (χ4v) is 3.21. The molecular formula is C15H16FN3O3S2. The molecule has 1 heterocycles. The Kier molecular flexibility index (Phi) is 5.92. The summed E-state index contributed by atoms with van der Waals surface area (Å²) in [5, 5.41) is 3.09. The van der Waals surface area contributed by atoms with Crippen LogP contribution in [0.4, 0.5) is 10.1 Å². The number of anilines is 1. The number of halogens is 1. The highest BCUT2D eigenvalue weighted by atomic mass is 32.2. The van der Waals surface area contributed by atoms with Crippen LogP contribution in [0.1, 0.15) is 0 Å². The number of nitrogens with one attached hydrogen (secondary N) is 1. The van der Waals surface area contributed by atoms with Crippen molar-refractivity contribution in [2.75, 3.05) is 25.2 Å². The predicted molar refractivity (Wildman–Crippen MR) is 90.9 cm³/mol. The average molecular weight is 369 g/mol. The van der Waals surface area contributed by atoms with Crippen LogP contribution in [0.25, 0.3) is 0 Å². The number of amides is 1. The van der Waals surface area contributed by atoms with Crippen molar-refractivity contribution in [3.63, 3.8) is 0 Å². The van der Waals surface area contributed by atoms with E-state index < -0.39 is 15.8 Å². The SMILES string of the molecule is CN(C)S(=O)(=O)c1ccc(SCC(=O)Nc2cccc(F)c2)nc1. The Bertz CT molecular complexity index is 824. The van der Waals surface area contributed by atoms with Gasteiger partial charge in [0, 0.05) is 26.0 Å². The number of carbonyl (C=O) groups excluding carboxylic acids is 1. The van der Waals surface area contributed by atoms with Gasteiger partial charge in [-0.1, -0.05) is 17.8 Å². The lowest BCUT2D eigenvalue weighted by Crippen LogP contribution is -2.22. The molecule has 0 spiro atoms. The van der Waals surface area contributed by atoms with Crippen molar-refractivity contribution >= 4 is 33.4 Å². The first-order chi connectivity index (χ1) is 11.3. The fourth-order valence-electron chi connectivity index (χ4n) is 1.72. The Labute approximate surface area is 144 Å². The molecule has 6 nitrogen and oxygen atoms in total. The number of nitrogens with zero attached hydrogens (tertiary/aromatic N) is 2. The molecule has 1 aromatic carbocycles. The Morgan fingerprint density at radius 1 is 1.29 bits per heavy atom. The van der Waals surface area contributed by atoms with Crippen molar-refractivity contribution in [1.29, 1.82) is 0 Å². The van der Waals surface area contributed by atoms with Crippen LogP contribution in [0.5, 0.6) is 0 Å². The first-order valence-corrected chi connectivity index (χ1v) is 9.28. The lowest BCUT2D eigenvalue weighted by atomic mass is 10.3. The maximum absolute atomic E-state index is 13.0. The van der Waals surface area contributed by atoms with Gasteiger partial charge >= 0.3 is 0 Å². The fraction of sp³-hybridized carbons (Fsp3) is 0.200. The molecular weight excluding hydrogens is 353 g/mol. The molecule has 0 bridgehead atoms. The van der Waals surface area contributed by atoms with E-state index in [9.17, 15) is 17.6 Å². The summed E-state index contributed by atoms with van der Waals surface area (Å²) in [5.41, 5.74) is 0.376. The van der Waals surface area contributed by atoms with E-state index in [0.29, 0.717) is 10.7 Å². The van der Waals surface area contributed by atoms with Crippen molar-refractivity contribution in [1.82, 2.24) is 9.29 Å². The van der Waals surface area contributed by atoms with Crippen LogP contribution in [0.2, 0.25) is 0 Å². The third-order valence-corrected chi connectivity index (χ3v) is 5.69. The summed E-state index contributed by atoms with van der Waals surface area (Å²) in [6.07, 6.45) is 1.25. The summed E-state index contributed by atoms with van der Waals surface area (Å²) in [7, 11) is -0.644. The summed E-state index contributed by atoms with van der Waals surface area (Å²) in [6.45, 7) is 0. The standard InChI is InChI=1S/C15H16FN3O3S2/c1-19(2)24(21,22)13-6-7-15(17-9-13)23-10-14(20)18-12-5-3-4-11(16)8-12/h3-9H,10H2,1-2H3,(H,18,20). The Hall–Kier alpha value is -1.97. The third kappa shape index (κ3) is 4.76. The minimum Gasteiger partial charge on any atom is -0.325 e. The molecule has 0 aliphatic carbocycles. The Morgan fingerprint density at radius 3 is 2.62 bits per heavy atom. The van der Waals surface area contributed by atoms with Crippen LogP contribution in [-0.4, -0.2) is 43.5 Å². The molecule has 0 atom stereocenters. The smallest absolute Gasteiger partial charge is 0.244 e. The highest BCUT2D eigenvalue weighted by Gasteiger charge is 2.17. The largest absolute Gasteiger partial charge is 0.325 e. The minimum absolute atomic E-state index is 0.0727. The van der Waals surface area contributed by atoms with Gasteiger partial charge in [0.2, 0.25) is 15.9 Å². The lowest BCUT2D eigenvalue weighted by Gasteiger charge is -2.11. The highest BCUT2D eigenvalue weighted by molar-refractivity contribution is 7.99. The van der Waals surface area contributed by atoms with Crippen molar-refractivity contribution in [3.8, 4) is 0 Å². The summed E-state index contributed by atoms with van der Waals surface area (Å²) < 4.78 is 38.0. The molecule has 1 aromatic heterocycles. The van der Waals surface area contributed by atoms with E-state index in [-0.39, 0.29) is 16.6 Å². The number of carbonyl (C=O) groups is 1. The number of rotatable bonds is 6. The summed E-state index contributed by atoms with van der Waals surface area (Å²) in [5.74, 6) is -0.666. The van der Waals surface area contributed by atoms with Crippen LogP contribution >= 0.6 is 11.8 Å². The molecule has 2 aromatic rings. The maximum Gasteiger partial charge on any atom is 0.244 e. The van der Waals surface area contributed by atoms with Crippen LogP contribution in [0.3, 0.4) is 0 Å². The first kappa shape index (κ1) is 18.4. The van der Waals surface area contributed by atoms with Gasteiger partial charge in [-0.2, -0.15) is 0 Å². The first-order valence-electron chi connectivity index (χ1n) is 6.86. The van der Waals surface area contributed by atoms with E-state index in [1.54, 1.807) is 6.07 Å². The van der Waals surface area contributed by atoms with Gasteiger partial charge in [-0.25, -0.2) is 22.1 Å². The quantitative estimate of drug-likeness (QED) is 0.790. The summed E-state index contributed by atoms with van der Waals surface area (Å²) >= 11 is 1.15. The van der Waals surface area contributed by atoms with Gasteiger partial charge in [0.15, 0.2) is 0 Å². The van der Waals surface area contributed by atoms with Crippen LogP contribution in [0.15, 0.2) is 52.5 Å². The van der Waals surface area contributed by atoms with Gasteiger partial charge in [0.05, 0.1) is 10.8 Å². The predicted octanol–water partition coefficient (Wildman–Crippen LogP) is 2.20. The lowest BCUT2D eigenvalue weighted by molar-refractivity contribution is -0.113. The number of pyridine rings is 1. The van der Waals surface area contributed by atoms with Crippen molar-refractivity contribution in [3.05, 3.63) is 48.4 Å². The zero-order chi connectivity index (χ0) is 17.7. The van der Waals surface area contributed by atoms with E-state index in [4.69, 9.17) is 0 Å². The van der Waals surface area contributed by atoms with Crippen molar-refractivity contribution in [2.24, 2.45) is 0 Å². The molecule has 24 heavy (non-hydrogen) atoms. The van der Waals surface area contributed by atoms with Gasteiger partial charge in [-0.15, -0.1) is 0 Å². The number of thioether (sulfide) groups is 1. The molecule has 128 valence electrons. The van der Waals surface area contributed by atoms with Crippen LogP contribution in [-0.2, 0) is 14.8 Å². The average Bonchev–Trinajstić information content (AvgIpc) is 2.53. The zero-order valence-electron chi connectivity index (χ0n) is 13.1. The Balaban J connectivity index is 1.94. The van der Waals surface area contributed by atoms with E-state index >= 15 is 0 Å². The van der Waals surface area contributed by atoms with E-state index in [1.807, 2.05) is 0 Å². The van der Waals surface area contributed by atoms with Gasteiger partial charge in [0.25, 0.3) is 0 Å². The second kappa shape index (κ2) is 7.73. The number of aromatic nitrogens is 1. The monoisotopic (exact) mass is 369 g/mol. The summed E-state index contributed by atoms with van der Waals surface area (Å²) in [4.78, 5) is 15.9. The van der Waals surface area contributed by atoms with Gasteiger partial charge in [-0.05, 0) is 30.3 Å². The van der Waals surface area contributed by atoms with E-state index in [2.05, 4.69) is 10.3 Å². The molecule has 0 fully saturated rings. The number of hydrogen-bond acceptors (Lipinski definition) is 5. The topological polar surface area (TPSA) is 79.4 Å². The molecule has 0 radical (unpaired) electrons. The normalized spacial score (nSPS) is 11.5. The molecule has 2 rings (SSSR count). The van der Waals surface area contributed by atoms with Crippen LogP contribution < -0.4 is 5.32 Å². The zero-order valence-corrected chi connectivity index (χ0v) is 14.7.